The predicted octanol–water partition coefficient (Wildman–Crippen LogP) is 16.6. The lowest BCUT2D eigenvalue weighted by Gasteiger charge is -2.15. The second-order valence-corrected chi connectivity index (χ2v) is 17.1. The molecule has 4 aromatic heterocycles. The van der Waals surface area contributed by atoms with Crippen molar-refractivity contribution in [3.63, 3.8) is 0 Å². The van der Waals surface area contributed by atoms with Crippen molar-refractivity contribution in [2.75, 3.05) is 0 Å². The molecule has 0 aliphatic rings. The molecule has 13 rings (SSSR count). The normalized spacial score (nSPS) is 11.8. The molecule has 0 bridgehead atoms. The van der Waals surface area contributed by atoms with Crippen molar-refractivity contribution in [1.82, 2.24) is 9.97 Å². The number of hydrogen-bond donors (Lipinski definition) is 0. The van der Waals surface area contributed by atoms with Gasteiger partial charge in [-0.25, -0.2) is 9.97 Å². The van der Waals surface area contributed by atoms with Crippen LogP contribution in [-0.4, -0.2) is 9.97 Å². The Labute approximate surface area is 366 Å². The zero-order chi connectivity index (χ0) is 41.4. The van der Waals surface area contributed by atoms with E-state index in [2.05, 4.69) is 182 Å². The molecule has 13 aromatic rings. The quantitative estimate of drug-likeness (QED) is 0.168. The van der Waals surface area contributed by atoms with Crippen LogP contribution in [0.5, 0.6) is 0 Å². The Hall–Kier alpha value is -8.12. The zero-order valence-corrected chi connectivity index (χ0v) is 34.6. The topological polar surface area (TPSA) is 52.1 Å². The van der Waals surface area contributed by atoms with Gasteiger partial charge < -0.3 is 8.83 Å². The highest BCUT2D eigenvalue weighted by Crippen LogP contribution is 2.44. The summed E-state index contributed by atoms with van der Waals surface area (Å²) in [5.41, 5.74) is 14.3. The Morgan fingerprint density at radius 1 is 0.317 bits per heavy atom. The summed E-state index contributed by atoms with van der Waals surface area (Å²) in [7, 11) is 0. The molecule has 0 aliphatic carbocycles. The standard InChI is InChI=1S/C58H34N2O2S/c1-2-15-35(16-3-1)39-17-4-5-21-48(39)58-59-50(34-51(60-58)49-27-14-26-47-44-20-8-11-30-54(44)63-57(47)49)38-32-36(40-22-12-24-45-42-18-6-9-28-52(42)61-55(40)45)31-37(33-38)41-23-13-25-46-43-19-7-10-29-53(43)62-56(41)46/h1-34H. The van der Waals surface area contributed by atoms with E-state index in [9.17, 15) is 0 Å². The smallest absolute Gasteiger partial charge is 0.161 e. The van der Waals surface area contributed by atoms with Gasteiger partial charge >= 0.3 is 0 Å². The number of hydrogen-bond acceptors (Lipinski definition) is 5. The Morgan fingerprint density at radius 2 is 0.810 bits per heavy atom. The summed E-state index contributed by atoms with van der Waals surface area (Å²) in [5, 5.41) is 6.82. The van der Waals surface area contributed by atoms with Gasteiger partial charge in [0.2, 0.25) is 0 Å². The van der Waals surface area contributed by atoms with Crippen LogP contribution in [0.25, 0.3) is 131 Å². The largest absolute Gasteiger partial charge is 0.455 e. The van der Waals surface area contributed by atoms with Gasteiger partial charge in [0.15, 0.2) is 5.82 Å². The minimum Gasteiger partial charge on any atom is -0.455 e. The van der Waals surface area contributed by atoms with Crippen LogP contribution in [-0.2, 0) is 0 Å². The Kier molecular flexibility index (Phi) is 8.05. The average Bonchev–Trinajstić information content (AvgIpc) is 4.06. The van der Waals surface area contributed by atoms with E-state index in [-0.39, 0.29) is 0 Å². The van der Waals surface area contributed by atoms with Gasteiger partial charge in [0.05, 0.1) is 11.4 Å². The minimum atomic E-state index is 0.658. The van der Waals surface area contributed by atoms with E-state index in [1.165, 1.54) is 20.2 Å². The number of aromatic nitrogens is 2. The number of thiophene rings is 1. The summed E-state index contributed by atoms with van der Waals surface area (Å²) >= 11 is 1.81. The van der Waals surface area contributed by atoms with Crippen molar-refractivity contribution >= 4 is 75.4 Å². The van der Waals surface area contributed by atoms with Crippen LogP contribution in [0.15, 0.2) is 215 Å². The molecule has 0 saturated carbocycles. The van der Waals surface area contributed by atoms with E-state index in [0.29, 0.717) is 5.82 Å². The maximum Gasteiger partial charge on any atom is 0.161 e. The van der Waals surface area contributed by atoms with Crippen LogP contribution in [0.2, 0.25) is 0 Å². The lowest BCUT2D eigenvalue weighted by molar-refractivity contribution is 0.670. The molecule has 294 valence electrons. The average molecular weight is 823 g/mol. The summed E-state index contributed by atoms with van der Waals surface area (Å²) in [6.45, 7) is 0. The van der Waals surface area contributed by atoms with Crippen molar-refractivity contribution in [3.05, 3.63) is 206 Å². The second-order valence-electron chi connectivity index (χ2n) is 16.0. The van der Waals surface area contributed by atoms with E-state index >= 15 is 0 Å². The van der Waals surface area contributed by atoms with Crippen molar-refractivity contribution in [1.29, 1.82) is 0 Å². The Morgan fingerprint density at radius 3 is 1.49 bits per heavy atom. The molecule has 9 aromatic carbocycles. The molecule has 63 heavy (non-hydrogen) atoms. The Balaban J connectivity index is 1.10. The number of fused-ring (bicyclic) bond motifs is 9. The molecule has 5 heteroatoms. The highest BCUT2D eigenvalue weighted by Gasteiger charge is 2.21. The fraction of sp³-hybridized carbons (Fsp3) is 0. The van der Waals surface area contributed by atoms with Gasteiger partial charge in [0.25, 0.3) is 0 Å². The number of benzene rings is 9. The molecule has 0 fully saturated rings. The van der Waals surface area contributed by atoms with E-state index < -0.39 is 0 Å². The first-order valence-electron chi connectivity index (χ1n) is 21.1. The molecular weight excluding hydrogens is 789 g/mol. The monoisotopic (exact) mass is 822 g/mol. The third-order valence-corrected chi connectivity index (χ3v) is 13.5. The van der Waals surface area contributed by atoms with Crippen molar-refractivity contribution in [2.45, 2.75) is 0 Å². The highest BCUT2D eigenvalue weighted by atomic mass is 32.1. The number of nitrogens with zero attached hydrogens (tertiary/aromatic N) is 2. The van der Waals surface area contributed by atoms with Crippen molar-refractivity contribution in [2.24, 2.45) is 0 Å². The summed E-state index contributed by atoms with van der Waals surface area (Å²) in [4.78, 5) is 11.0. The van der Waals surface area contributed by atoms with Crippen molar-refractivity contribution in [3.8, 4) is 67.3 Å². The van der Waals surface area contributed by atoms with Gasteiger partial charge in [-0.1, -0.05) is 164 Å². The van der Waals surface area contributed by atoms with Gasteiger partial charge in [-0.2, -0.15) is 0 Å². The van der Waals surface area contributed by atoms with Gasteiger partial charge in [0, 0.05) is 69.5 Å². The molecule has 0 spiro atoms. The van der Waals surface area contributed by atoms with Crippen LogP contribution in [0.1, 0.15) is 0 Å². The Bertz CT molecular complexity index is 3800. The maximum atomic E-state index is 6.67. The van der Waals surface area contributed by atoms with Crippen LogP contribution in [0.4, 0.5) is 0 Å². The molecule has 4 nitrogen and oxygen atoms in total. The SMILES string of the molecule is c1ccc(-c2ccccc2-c2nc(-c3cc(-c4cccc5c4oc4ccccc45)cc(-c4cccc5c4oc4ccccc45)c3)cc(-c3cccc4c3sc3ccccc34)n2)cc1. The number of rotatable bonds is 6. The molecular formula is C58H34N2O2S. The fourth-order valence-electron chi connectivity index (χ4n) is 9.39. The zero-order valence-electron chi connectivity index (χ0n) is 33.7. The summed E-state index contributed by atoms with van der Waals surface area (Å²) < 4.78 is 15.8. The molecule has 4 heterocycles. The van der Waals surface area contributed by atoms with Gasteiger partial charge in [0.1, 0.15) is 22.3 Å². The lowest BCUT2D eigenvalue weighted by Crippen LogP contribution is -1.98. The minimum absolute atomic E-state index is 0.658. The van der Waals surface area contributed by atoms with Crippen LogP contribution in [0.3, 0.4) is 0 Å². The summed E-state index contributed by atoms with van der Waals surface area (Å²) in [5.74, 6) is 0.658. The van der Waals surface area contributed by atoms with E-state index in [4.69, 9.17) is 18.8 Å². The van der Waals surface area contributed by atoms with Gasteiger partial charge in [-0.15, -0.1) is 11.3 Å². The van der Waals surface area contributed by atoms with E-state index in [1.807, 2.05) is 35.6 Å². The third kappa shape index (κ3) is 5.82. The molecule has 0 unspecified atom stereocenters. The third-order valence-electron chi connectivity index (χ3n) is 12.3. The number of furan rings is 2. The summed E-state index contributed by atoms with van der Waals surface area (Å²) in [6.07, 6.45) is 0. The molecule has 0 aliphatic heterocycles. The van der Waals surface area contributed by atoms with Crippen LogP contribution >= 0.6 is 11.3 Å². The number of para-hydroxylation sites is 4. The second kappa shape index (κ2) is 14.2. The molecule has 0 radical (unpaired) electrons. The van der Waals surface area contributed by atoms with Gasteiger partial charge in [-0.05, 0) is 64.7 Å². The first-order valence-corrected chi connectivity index (χ1v) is 21.9. The fourth-order valence-corrected chi connectivity index (χ4v) is 10.6. The lowest BCUT2D eigenvalue weighted by atomic mass is 9.92. The first kappa shape index (κ1) is 35.6. The first-order chi connectivity index (χ1) is 31.2. The van der Waals surface area contributed by atoms with Crippen molar-refractivity contribution < 1.29 is 8.83 Å². The summed E-state index contributed by atoms with van der Waals surface area (Å²) in [6, 6.07) is 72.5. The molecule has 0 saturated heterocycles. The van der Waals surface area contributed by atoms with E-state index in [1.54, 1.807) is 0 Å². The predicted molar refractivity (Wildman–Crippen MR) is 262 cm³/mol. The molecule has 0 N–H and O–H groups in total. The van der Waals surface area contributed by atoms with E-state index in [0.717, 1.165) is 105 Å². The molecule has 0 atom stereocenters. The van der Waals surface area contributed by atoms with Gasteiger partial charge in [-0.3, -0.25) is 0 Å². The van der Waals surface area contributed by atoms with Crippen LogP contribution in [0, 0.1) is 0 Å². The maximum absolute atomic E-state index is 6.67. The molecule has 0 amide bonds. The van der Waals surface area contributed by atoms with Crippen LogP contribution < -0.4 is 0 Å². The highest BCUT2D eigenvalue weighted by molar-refractivity contribution is 7.26.